The monoisotopic (exact) mass is 259 g/mol. The summed E-state index contributed by atoms with van der Waals surface area (Å²) in [5.41, 5.74) is 0.852. The van der Waals surface area contributed by atoms with Gasteiger partial charge in [-0.05, 0) is 5.56 Å². The minimum Gasteiger partial charge on any atom is -0.467 e. The van der Waals surface area contributed by atoms with Gasteiger partial charge in [0.2, 0.25) is 0 Å². The number of hydrogen-bond acceptors (Lipinski definition) is 4. The van der Waals surface area contributed by atoms with Crippen molar-refractivity contribution in [2.75, 3.05) is 7.11 Å². The van der Waals surface area contributed by atoms with E-state index in [1.54, 1.807) is 0 Å². The highest BCUT2D eigenvalue weighted by Gasteiger charge is 2.36. The molecule has 2 amide bonds. The van der Waals surface area contributed by atoms with E-state index in [0.29, 0.717) is 0 Å². The van der Waals surface area contributed by atoms with Crippen molar-refractivity contribution < 1.29 is 19.1 Å². The maximum absolute atomic E-state index is 11.8. The molecule has 1 aliphatic heterocycles. The molecule has 5 heteroatoms. The average molecular weight is 259 g/mol. The first kappa shape index (κ1) is 13.0. The van der Waals surface area contributed by atoms with E-state index in [0.717, 1.165) is 22.6 Å². The van der Waals surface area contributed by atoms with Gasteiger partial charge in [0.15, 0.2) is 0 Å². The molecule has 1 aliphatic rings. The molecule has 19 heavy (non-hydrogen) atoms. The van der Waals surface area contributed by atoms with Crippen molar-refractivity contribution in [2.24, 2.45) is 0 Å². The lowest BCUT2D eigenvalue weighted by Crippen LogP contribution is -2.46. The lowest BCUT2D eigenvalue weighted by Gasteiger charge is -2.23. The second-order valence-electron chi connectivity index (χ2n) is 4.11. The van der Waals surface area contributed by atoms with Crippen molar-refractivity contribution in [1.82, 2.24) is 4.90 Å². The lowest BCUT2D eigenvalue weighted by atomic mass is 10.0. The van der Waals surface area contributed by atoms with Gasteiger partial charge < -0.3 is 4.74 Å². The molecule has 2 rings (SSSR count). The van der Waals surface area contributed by atoms with Gasteiger partial charge in [-0.1, -0.05) is 30.3 Å². The van der Waals surface area contributed by atoms with Crippen LogP contribution in [-0.2, 0) is 25.5 Å². The third kappa shape index (κ3) is 2.70. The third-order valence-electron chi connectivity index (χ3n) is 2.90. The van der Waals surface area contributed by atoms with Gasteiger partial charge in [-0.25, -0.2) is 4.79 Å². The molecule has 5 nitrogen and oxygen atoms in total. The van der Waals surface area contributed by atoms with E-state index in [4.69, 9.17) is 0 Å². The zero-order chi connectivity index (χ0) is 13.8. The highest BCUT2D eigenvalue weighted by atomic mass is 16.5. The molecule has 0 spiro atoms. The fourth-order valence-corrected chi connectivity index (χ4v) is 1.97. The van der Waals surface area contributed by atoms with Gasteiger partial charge in [-0.2, -0.15) is 0 Å². The summed E-state index contributed by atoms with van der Waals surface area (Å²) in [6.45, 7) is 0. The molecule has 0 saturated heterocycles. The molecule has 1 aromatic rings. The first-order valence-electron chi connectivity index (χ1n) is 5.80. The minimum absolute atomic E-state index is 0.243. The third-order valence-corrected chi connectivity index (χ3v) is 2.90. The highest BCUT2D eigenvalue weighted by Crippen LogP contribution is 2.15. The molecule has 0 bridgehead atoms. The molecule has 0 aliphatic carbocycles. The Morgan fingerprint density at radius 3 is 2.26 bits per heavy atom. The number of methoxy groups -OCH3 is 1. The minimum atomic E-state index is -0.928. The summed E-state index contributed by atoms with van der Waals surface area (Å²) < 4.78 is 4.68. The molecule has 0 N–H and O–H groups in total. The molecule has 0 unspecified atom stereocenters. The van der Waals surface area contributed by atoms with E-state index >= 15 is 0 Å². The number of benzene rings is 1. The van der Waals surface area contributed by atoms with Crippen molar-refractivity contribution in [2.45, 2.75) is 12.5 Å². The number of nitrogens with zero attached hydrogens (tertiary/aromatic N) is 1. The van der Waals surface area contributed by atoms with Crippen LogP contribution in [0.5, 0.6) is 0 Å². The molecular formula is C14H13NO4. The van der Waals surface area contributed by atoms with E-state index < -0.39 is 23.8 Å². The van der Waals surface area contributed by atoms with Gasteiger partial charge in [0.05, 0.1) is 7.11 Å². The fraction of sp³-hybridized carbons (Fsp3) is 0.214. The molecule has 98 valence electrons. The van der Waals surface area contributed by atoms with Gasteiger partial charge in [0.25, 0.3) is 11.8 Å². The summed E-state index contributed by atoms with van der Waals surface area (Å²) in [6.07, 6.45) is 2.55. The molecule has 1 aromatic carbocycles. The van der Waals surface area contributed by atoms with Crippen LogP contribution in [-0.4, -0.2) is 35.8 Å². The molecular weight excluding hydrogens is 246 g/mol. The van der Waals surface area contributed by atoms with Gasteiger partial charge in [-0.15, -0.1) is 0 Å². The Labute approximate surface area is 110 Å². The first-order valence-corrected chi connectivity index (χ1v) is 5.80. The van der Waals surface area contributed by atoms with E-state index in [1.165, 1.54) is 7.11 Å². The van der Waals surface area contributed by atoms with Crippen molar-refractivity contribution in [3.05, 3.63) is 48.0 Å². The SMILES string of the molecule is COC(=O)[C@H](Cc1ccccc1)N1C(=O)C=CC1=O. The van der Waals surface area contributed by atoms with Crippen LogP contribution >= 0.6 is 0 Å². The maximum atomic E-state index is 11.8. The summed E-state index contributed by atoms with van der Waals surface area (Å²) >= 11 is 0. The van der Waals surface area contributed by atoms with Crippen LogP contribution in [0.15, 0.2) is 42.5 Å². The van der Waals surface area contributed by atoms with Gasteiger partial charge in [-0.3, -0.25) is 14.5 Å². The molecule has 1 atom stereocenters. The quantitative estimate of drug-likeness (QED) is 0.589. The Hall–Kier alpha value is -2.43. The summed E-state index contributed by atoms with van der Waals surface area (Å²) in [5, 5.41) is 0. The van der Waals surface area contributed by atoms with Crippen LogP contribution in [0.2, 0.25) is 0 Å². The van der Waals surface area contributed by atoms with Gasteiger partial charge in [0.1, 0.15) is 6.04 Å². The number of carbonyl (C=O) groups excluding carboxylic acids is 3. The van der Waals surface area contributed by atoms with E-state index in [1.807, 2.05) is 30.3 Å². The van der Waals surface area contributed by atoms with Crippen LogP contribution in [0.25, 0.3) is 0 Å². The largest absolute Gasteiger partial charge is 0.467 e. The Morgan fingerprint density at radius 1 is 1.16 bits per heavy atom. The van der Waals surface area contributed by atoms with Crippen LogP contribution in [0.1, 0.15) is 5.56 Å². The summed E-state index contributed by atoms with van der Waals surface area (Å²) in [6, 6.07) is 8.24. The Bertz CT molecular complexity index is 518. The van der Waals surface area contributed by atoms with Crippen molar-refractivity contribution in [3.63, 3.8) is 0 Å². The number of imide groups is 1. The second kappa shape index (κ2) is 5.48. The zero-order valence-electron chi connectivity index (χ0n) is 10.4. The Morgan fingerprint density at radius 2 is 1.74 bits per heavy atom. The predicted octanol–water partition coefficient (Wildman–Crippen LogP) is 0.696. The highest BCUT2D eigenvalue weighted by molar-refractivity contribution is 6.14. The Kier molecular flexibility index (Phi) is 3.75. The second-order valence-corrected chi connectivity index (χ2v) is 4.11. The van der Waals surface area contributed by atoms with Crippen molar-refractivity contribution >= 4 is 17.8 Å². The van der Waals surface area contributed by atoms with Gasteiger partial charge >= 0.3 is 5.97 Å². The molecule has 0 aromatic heterocycles. The fourth-order valence-electron chi connectivity index (χ4n) is 1.97. The summed E-state index contributed by atoms with van der Waals surface area (Å²) in [7, 11) is 1.23. The van der Waals surface area contributed by atoms with Crippen LogP contribution in [0, 0.1) is 0 Å². The number of amides is 2. The normalized spacial score (nSPS) is 15.7. The number of rotatable bonds is 4. The zero-order valence-corrected chi connectivity index (χ0v) is 10.4. The molecule has 0 fully saturated rings. The van der Waals surface area contributed by atoms with Crippen LogP contribution < -0.4 is 0 Å². The smallest absolute Gasteiger partial charge is 0.329 e. The number of esters is 1. The van der Waals surface area contributed by atoms with Gasteiger partial charge in [0, 0.05) is 18.6 Å². The maximum Gasteiger partial charge on any atom is 0.329 e. The van der Waals surface area contributed by atoms with Crippen molar-refractivity contribution in [3.8, 4) is 0 Å². The van der Waals surface area contributed by atoms with Crippen molar-refractivity contribution in [1.29, 1.82) is 0 Å². The molecule has 0 saturated carbocycles. The molecule has 0 radical (unpaired) electrons. The number of ether oxygens (including phenoxy) is 1. The topological polar surface area (TPSA) is 63.7 Å². The lowest BCUT2D eigenvalue weighted by molar-refractivity contribution is -0.155. The first-order chi connectivity index (χ1) is 9.13. The average Bonchev–Trinajstić information content (AvgIpc) is 2.76. The summed E-state index contributed by atoms with van der Waals surface area (Å²) in [5.74, 6) is -1.58. The summed E-state index contributed by atoms with van der Waals surface area (Å²) in [4.78, 5) is 36.0. The van der Waals surface area contributed by atoms with Crippen LogP contribution in [0.4, 0.5) is 0 Å². The Balaban J connectivity index is 2.24. The number of hydrogen-bond donors (Lipinski definition) is 0. The predicted molar refractivity (Wildman–Crippen MR) is 66.9 cm³/mol. The number of carbonyl (C=O) groups is 3. The van der Waals surface area contributed by atoms with E-state index in [-0.39, 0.29) is 6.42 Å². The van der Waals surface area contributed by atoms with Crippen LogP contribution in [0.3, 0.4) is 0 Å². The van der Waals surface area contributed by atoms with E-state index in [2.05, 4.69) is 4.74 Å². The standard InChI is InChI=1S/C14H13NO4/c1-19-14(18)11(9-10-5-3-2-4-6-10)15-12(16)7-8-13(15)17/h2-8,11H,9H2,1H3/t11-/m0/s1. The van der Waals surface area contributed by atoms with E-state index in [9.17, 15) is 14.4 Å². The molecule has 1 heterocycles.